The molecule has 0 spiro atoms. The summed E-state index contributed by atoms with van der Waals surface area (Å²) in [6.07, 6.45) is -0.745. The van der Waals surface area contributed by atoms with E-state index >= 15 is 0 Å². The second kappa shape index (κ2) is 7.65. The molecule has 0 saturated carbocycles. The van der Waals surface area contributed by atoms with Crippen molar-refractivity contribution in [1.29, 1.82) is 0 Å². The second-order valence-corrected chi connectivity index (χ2v) is 7.54. The lowest BCUT2D eigenvalue weighted by Gasteiger charge is -2.18. The first-order valence-electron chi connectivity index (χ1n) is 10.00. The average molecular weight is 395 g/mol. The van der Waals surface area contributed by atoms with E-state index < -0.39 is 6.09 Å². The summed E-state index contributed by atoms with van der Waals surface area (Å²) < 4.78 is 5.50. The molecule has 0 bridgehead atoms. The molecule has 1 N–H and O–H groups in total. The predicted molar refractivity (Wildman–Crippen MR) is 116 cm³/mol. The Hall–Kier alpha value is -3.63. The van der Waals surface area contributed by atoms with E-state index in [1.807, 2.05) is 66.7 Å². The minimum absolute atomic E-state index is 0.0320. The first-order chi connectivity index (χ1) is 14.7. The van der Waals surface area contributed by atoms with E-state index in [1.54, 1.807) is 0 Å². The van der Waals surface area contributed by atoms with Crippen molar-refractivity contribution in [3.63, 3.8) is 0 Å². The van der Waals surface area contributed by atoms with E-state index in [2.05, 4.69) is 24.3 Å². The molecule has 4 aromatic rings. The number of hydrogen-bond donors (Lipinski definition) is 1. The monoisotopic (exact) mass is 395 g/mol. The van der Waals surface area contributed by atoms with E-state index in [-0.39, 0.29) is 19.1 Å². The third-order valence-electron chi connectivity index (χ3n) is 5.69. The lowest BCUT2D eigenvalue weighted by atomic mass is 9.98. The fraction of sp³-hybridized carbons (Fsp3) is 0.115. The second-order valence-electron chi connectivity index (χ2n) is 7.54. The molecule has 0 radical (unpaired) electrons. The topological polar surface area (TPSA) is 49.8 Å². The van der Waals surface area contributed by atoms with Crippen LogP contribution in [-0.4, -0.2) is 23.0 Å². The van der Waals surface area contributed by atoms with Gasteiger partial charge in [0, 0.05) is 5.92 Å². The summed E-state index contributed by atoms with van der Waals surface area (Å²) in [5, 5.41) is 13.1. The van der Waals surface area contributed by atoms with Crippen LogP contribution in [0.15, 0.2) is 91.0 Å². The number of carbonyl (C=O) groups is 1. The molecular formula is C26H21NO3. The van der Waals surface area contributed by atoms with E-state index in [0.717, 1.165) is 27.5 Å². The van der Waals surface area contributed by atoms with Crippen molar-refractivity contribution in [2.45, 2.75) is 12.5 Å². The van der Waals surface area contributed by atoms with Crippen LogP contribution in [0.3, 0.4) is 0 Å². The van der Waals surface area contributed by atoms with Gasteiger partial charge in [0.15, 0.2) is 0 Å². The lowest BCUT2D eigenvalue weighted by Crippen LogP contribution is -2.29. The Balaban J connectivity index is 1.28. The van der Waals surface area contributed by atoms with Gasteiger partial charge in [-0.2, -0.15) is 5.06 Å². The Morgan fingerprint density at radius 1 is 0.800 bits per heavy atom. The molecule has 1 amide bonds. The predicted octanol–water partition coefficient (Wildman–Crippen LogP) is 5.98. The summed E-state index contributed by atoms with van der Waals surface area (Å²) in [4.78, 5) is 12.4. The van der Waals surface area contributed by atoms with Crippen LogP contribution in [0.5, 0.6) is 0 Å². The molecule has 0 aromatic heterocycles. The minimum Gasteiger partial charge on any atom is -0.447 e. The molecule has 30 heavy (non-hydrogen) atoms. The number of ether oxygens (including phenoxy) is 1. The fourth-order valence-electron chi connectivity index (χ4n) is 4.24. The Morgan fingerprint density at radius 2 is 1.40 bits per heavy atom. The highest BCUT2D eigenvalue weighted by molar-refractivity contribution is 5.83. The van der Waals surface area contributed by atoms with Crippen LogP contribution in [-0.2, 0) is 11.3 Å². The molecule has 4 aromatic carbocycles. The van der Waals surface area contributed by atoms with Crippen molar-refractivity contribution in [2.75, 3.05) is 6.61 Å². The third-order valence-corrected chi connectivity index (χ3v) is 5.69. The summed E-state index contributed by atoms with van der Waals surface area (Å²) >= 11 is 0. The van der Waals surface area contributed by atoms with Crippen molar-refractivity contribution in [3.05, 3.63) is 108 Å². The third kappa shape index (κ3) is 3.31. The summed E-state index contributed by atoms with van der Waals surface area (Å²) in [5.74, 6) is -0.0320. The van der Waals surface area contributed by atoms with Gasteiger partial charge >= 0.3 is 6.09 Å². The number of carbonyl (C=O) groups excluding carboxylic acids is 1. The Morgan fingerprint density at radius 3 is 2.10 bits per heavy atom. The SMILES string of the molecule is O=C(OCC1c2ccccc2-c2ccccc21)N(O)Cc1ccc2ccccc2c1. The number of amides is 1. The van der Waals surface area contributed by atoms with Crippen molar-refractivity contribution in [2.24, 2.45) is 0 Å². The molecule has 5 rings (SSSR count). The largest absolute Gasteiger partial charge is 0.447 e. The first-order valence-corrected chi connectivity index (χ1v) is 10.00. The van der Waals surface area contributed by atoms with Crippen LogP contribution >= 0.6 is 0 Å². The lowest BCUT2D eigenvalue weighted by molar-refractivity contribution is -0.0814. The number of rotatable bonds is 4. The Bertz CT molecular complexity index is 1190. The van der Waals surface area contributed by atoms with E-state index in [4.69, 9.17) is 4.74 Å². The van der Waals surface area contributed by atoms with Gasteiger partial charge in [-0.15, -0.1) is 0 Å². The molecule has 4 nitrogen and oxygen atoms in total. The molecule has 1 aliphatic rings. The standard InChI is InChI=1S/C26H21NO3/c28-26(27(29)16-18-13-14-19-7-1-2-8-20(19)15-18)30-17-25-23-11-5-3-9-21(23)22-10-4-6-12-24(22)25/h1-15,25,29H,16-17H2. The number of fused-ring (bicyclic) bond motifs is 4. The first kappa shape index (κ1) is 18.4. The quantitative estimate of drug-likeness (QED) is 0.342. The van der Waals surface area contributed by atoms with E-state index in [1.165, 1.54) is 11.1 Å². The zero-order chi connectivity index (χ0) is 20.5. The van der Waals surface area contributed by atoms with Gasteiger partial charge in [-0.05, 0) is 44.7 Å². The normalized spacial score (nSPS) is 12.4. The molecule has 0 atom stereocenters. The molecule has 0 heterocycles. The minimum atomic E-state index is -0.745. The van der Waals surface area contributed by atoms with Crippen molar-refractivity contribution in [1.82, 2.24) is 5.06 Å². The van der Waals surface area contributed by atoms with Gasteiger partial charge in [-0.25, -0.2) is 4.79 Å². The number of nitrogens with zero attached hydrogens (tertiary/aromatic N) is 1. The van der Waals surface area contributed by atoms with Gasteiger partial charge < -0.3 is 4.74 Å². The maximum Gasteiger partial charge on any atom is 0.434 e. The highest BCUT2D eigenvalue weighted by Gasteiger charge is 2.29. The highest BCUT2D eigenvalue weighted by atomic mass is 16.6. The van der Waals surface area contributed by atoms with Gasteiger partial charge in [-0.1, -0.05) is 84.9 Å². The fourth-order valence-corrected chi connectivity index (χ4v) is 4.24. The van der Waals surface area contributed by atoms with Crippen LogP contribution in [0.2, 0.25) is 0 Å². The maximum absolute atomic E-state index is 12.4. The molecule has 1 aliphatic carbocycles. The van der Waals surface area contributed by atoms with Crippen LogP contribution in [0.1, 0.15) is 22.6 Å². The van der Waals surface area contributed by atoms with Crippen molar-refractivity contribution < 1.29 is 14.7 Å². The van der Waals surface area contributed by atoms with Crippen LogP contribution in [0, 0.1) is 0 Å². The number of hydrogen-bond acceptors (Lipinski definition) is 3. The van der Waals surface area contributed by atoms with Crippen molar-refractivity contribution in [3.8, 4) is 11.1 Å². The summed E-state index contributed by atoms with van der Waals surface area (Å²) in [6, 6.07) is 30.2. The van der Waals surface area contributed by atoms with Crippen LogP contribution < -0.4 is 0 Å². The summed E-state index contributed by atoms with van der Waals surface area (Å²) in [6.45, 7) is 0.253. The van der Waals surface area contributed by atoms with Gasteiger partial charge in [0.2, 0.25) is 0 Å². The highest BCUT2D eigenvalue weighted by Crippen LogP contribution is 2.44. The Kier molecular flexibility index (Phi) is 4.69. The van der Waals surface area contributed by atoms with Gasteiger partial charge in [0.1, 0.15) is 6.61 Å². The Labute approximate surface area is 174 Å². The zero-order valence-electron chi connectivity index (χ0n) is 16.4. The van der Waals surface area contributed by atoms with E-state index in [9.17, 15) is 10.0 Å². The van der Waals surface area contributed by atoms with Gasteiger partial charge in [0.05, 0.1) is 6.54 Å². The maximum atomic E-state index is 12.4. The molecular weight excluding hydrogens is 374 g/mol. The van der Waals surface area contributed by atoms with E-state index in [0.29, 0.717) is 5.06 Å². The average Bonchev–Trinajstić information content (AvgIpc) is 3.11. The molecule has 0 aliphatic heterocycles. The molecule has 148 valence electrons. The molecule has 0 unspecified atom stereocenters. The van der Waals surface area contributed by atoms with Crippen LogP contribution in [0.25, 0.3) is 21.9 Å². The summed E-state index contributed by atoms with van der Waals surface area (Å²) in [7, 11) is 0. The van der Waals surface area contributed by atoms with Gasteiger partial charge in [-0.3, -0.25) is 5.21 Å². The van der Waals surface area contributed by atoms with Crippen molar-refractivity contribution >= 4 is 16.9 Å². The van der Waals surface area contributed by atoms with Crippen LogP contribution in [0.4, 0.5) is 4.79 Å². The number of benzene rings is 4. The summed E-state index contributed by atoms with van der Waals surface area (Å²) in [5.41, 5.74) is 5.47. The molecule has 0 saturated heterocycles. The number of hydroxylamine groups is 2. The van der Waals surface area contributed by atoms with Gasteiger partial charge in [0.25, 0.3) is 0 Å². The molecule has 0 fully saturated rings. The zero-order valence-corrected chi connectivity index (χ0v) is 16.4. The molecule has 4 heteroatoms. The smallest absolute Gasteiger partial charge is 0.434 e.